The van der Waals surface area contributed by atoms with Crippen LogP contribution in [0.15, 0.2) is 23.1 Å². The van der Waals surface area contributed by atoms with Crippen molar-refractivity contribution in [3.63, 3.8) is 0 Å². The highest BCUT2D eigenvalue weighted by Crippen LogP contribution is 2.15. The molecule has 0 aliphatic rings. The summed E-state index contributed by atoms with van der Waals surface area (Å²) in [5.74, 6) is 0. The zero-order valence-corrected chi connectivity index (χ0v) is 12.4. The average molecular weight is 297 g/mol. The highest BCUT2D eigenvalue weighted by molar-refractivity contribution is 7.89. The summed E-state index contributed by atoms with van der Waals surface area (Å²) in [4.78, 5) is 0.173. The Morgan fingerprint density at radius 1 is 1.40 bits per heavy atom. The van der Waals surface area contributed by atoms with E-state index in [9.17, 15) is 8.42 Å². The summed E-state index contributed by atoms with van der Waals surface area (Å²) in [6, 6.07) is 6.42. The molecule has 0 saturated heterocycles. The number of nitriles is 1. The number of aliphatic hydroxyl groups excluding tert-OH is 1. The molecule has 0 amide bonds. The van der Waals surface area contributed by atoms with Crippen molar-refractivity contribution >= 4 is 10.0 Å². The number of aliphatic hydroxyl groups is 1. The van der Waals surface area contributed by atoms with Gasteiger partial charge in [0.05, 0.1) is 22.6 Å². The van der Waals surface area contributed by atoms with Gasteiger partial charge in [-0.2, -0.15) is 5.26 Å². The number of rotatable bonds is 7. The quantitative estimate of drug-likeness (QED) is 0.620. The van der Waals surface area contributed by atoms with Crippen LogP contribution in [0.25, 0.3) is 0 Å². The van der Waals surface area contributed by atoms with Crippen molar-refractivity contribution in [2.24, 2.45) is 0 Å². The third kappa shape index (κ3) is 4.90. The Kier molecular flexibility index (Phi) is 6.10. The number of nitrogens with zero attached hydrogens (tertiary/aromatic N) is 1. The Hall–Kier alpha value is -1.46. The third-order valence-electron chi connectivity index (χ3n) is 2.63. The molecule has 7 heteroatoms. The maximum Gasteiger partial charge on any atom is 0.240 e. The fraction of sp³-hybridized carbons (Fsp3) is 0.462. The van der Waals surface area contributed by atoms with Crippen molar-refractivity contribution in [2.45, 2.75) is 24.8 Å². The van der Waals surface area contributed by atoms with E-state index in [0.717, 1.165) is 0 Å². The predicted octanol–water partition coefficient (Wildman–Crippen LogP) is 0.115. The molecular weight excluding hydrogens is 278 g/mol. The third-order valence-corrected chi connectivity index (χ3v) is 4.25. The van der Waals surface area contributed by atoms with Gasteiger partial charge in [-0.15, -0.1) is 0 Å². The van der Waals surface area contributed by atoms with Gasteiger partial charge >= 0.3 is 0 Å². The summed E-state index contributed by atoms with van der Waals surface area (Å²) in [6.07, 6.45) is -0.465. The van der Waals surface area contributed by atoms with E-state index in [0.29, 0.717) is 24.2 Å². The van der Waals surface area contributed by atoms with Gasteiger partial charge in [0.1, 0.15) is 0 Å². The second-order valence-corrected chi connectivity index (χ2v) is 6.28. The summed E-state index contributed by atoms with van der Waals surface area (Å²) in [6.45, 7) is 4.38. The molecule has 0 aliphatic heterocycles. The van der Waals surface area contributed by atoms with Crippen LogP contribution in [0.4, 0.5) is 0 Å². The summed E-state index contributed by atoms with van der Waals surface area (Å²) < 4.78 is 26.6. The van der Waals surface area contributed by atoms with Crippen LogP contribution < -0.4 is 10.0 Å². The van der Waals surface area contributed by atoms with Crippen LogP contribution in [0.2, 0.25) is 0 Å². The number of benzene rings is 1. The molecule has 20 heavy (non-hydrogen) atoms. The first-order valence-corrected chi connectivity index (χ1v) is 7.74. The minimum atomic E-state index is -3.58. The normalized spacial score (nSPS) is 12.9. The zero-order chi connectivity index (χ0) is 15.2. The van der Waals surface area contributed by atoms with Crippen LogP contribution in [0.5, 0.6) is 0 Å². The van der Waals surface area contributed by atoms with Gasteiger partial charge in [-0.1, -0.05) is 0 Å². The van der Waals surface area contributed by atoms with E-state index in [1.54, 1.807) is 19.9 Å². The standard InChI is InChI=1S/C13H19N3O3S/c1-10-7-12(8-14)3-4-13(10)20(18,19)16-6-5-15-9-11(2)17/h3-4,7,11,15-17H,5-6,9H2,1-2H3. The van der Waals surface area contributed by atoms with E-state index in [2.05, 4.69) is 10.0 Å². The first-order chi connectivity index (χ1) is 9.36. The second-order valence-electron chi connectivity index (χ2n) is 4.54. The van der Waals surface area contributed by atoms with Crippen molar-refractivity contribution < 1.29 is 13.5 Å². The summed E-state index contributed by atoms with van der Waals surface area (Å²) in [5.41, 5.74) is 0.966. The van der Waals surface area contributed by atoms with Crippen LogP contribution in [-0.4, -0.2) is 39.3 Å². The first kappa shape index (κ1) is 16.6. The van der Waals surface area contributed by atoms with Crippen molar-refractivity contribution in [3.8, 4) is 6.07 Å². The monoisotopic (exact) mass is 297 g/mol. The summed E-state index contributed by atoms with van der Waals surface area (Å²) in [5, 5.41) is 20.7. The Morgan fingerprint density at radius 2 is 2.10 bits per heavy atom. The van der Waals surface area contributed by atoms with Gasteiger partial charge in [-0.25, -0.2) is 13.1 Å². The van der Waals surface area contributed by atoms with Gasteiger partial charge < -0.3 is 10.4 Å². The second kappa shape index (κ2) is 7.36. The zero-order valence-electron chi connectivity index (χ0n) is 11.5. The Balaban J connectivity index is 2.63. The number of aryl methyl sites for hydroxylation is 1. The van der Waals surface area contributed by atoms with Crippen LogP contribution >= 0.6 is 0 Å². The van der Waals surface area contributed by atoms with Crippen LogP contribution in [0, 0.1) is 18.3 Å². The molecule has 1 atom stereocenters. The van der Waals surface area contributed by atoms with Crippen LogP contribution in [-0.2, 0) is 10.0 Å². The van der Waals surface area contributed by atoms with Gasteiger partial charge in [0, 0.05) is 19.6 Å². The highest BCUT2D eigenvalue weighted by Gasteiger charge is 2.16. The Morgan fingerprint density at radius 3 is 2.65 bits per heavy atom. The van der Waals surface area contributed by atoms with Gasteiger partial charge in [0.2, 0.25) is 10.0 Å². The average Bonchev–Trinajstić information content (AvgIpc) is 2.37. The lowest BCUT2D eigenvalue weighted by Crippen LogP contribution is -2.34. The number of hydrogen-bond donors (Lipinski definition) is 3. The largest absolute Gasteiger partial charge is 0.392 e. The van der Waals surface area contributed by atoms with Gasteiger partial charge in [0.25, 0.3) is 0 Å². The van der Waals surface area contributed by atoms with E-state index >= 15 is 0 Å². The highest BCUT2D eigenvalue weighted by atomic mass is 32.2. The minimum Gasteiger partial charge on any atom is -0.392 e. The molecule has 0 heterocycles. The fourth-order valence-electron chi connectivity index (χ4n) is 1.68. The molecule has 0 spiro atoms. The Labute approximate surface area is 119 Å². The van der Waals surface area contributed by atoms with Crippen molar-refractivity contribution in [3.05, 3.63) is 29.3 Å². The molecule has 0 radical (unpaired) electrons. The Bertz CT molecular complexity index is 591. The number of hydrogen-bond acceptors (Lipinski definition) is 5. The molecule has 0 fully saturated rings. The van der Waals surface area contributed by atoms with Gasteiger partial charge in [-0.3, -0.25) is 0 Å². The van der Waals surface area contributed by atoms with E-state index in [1.807, 2.05) is 6.07 Å². The van der Waals surface area contributed by atoms with Crippen molar-refractivity contribution in [1.29, 1.82) is 5.26 Å². The SMILES string of the molecule is Cc1cc(C#N)ccc1S(=O)(=O)NCCNCC(C)O. The number of sulfonamides is 1. The summed E-state index contributed by atoms with van der Waals surface area (Å²) >= 11 is 0. The molecule has 1 rings (SSSR count). The molecule has 1 unspecified atom stereocenters. The maximum atomic E-state index is 12.1. The molecule has 1 aromatic rings. The molecule has 110 valence electrons. The molecule has 1 aromatic carbocycles. The predicted molar refractivity (Wildman–Crippen MR) is 75.6 cm³/mol. The van der Waals surface area contributed by atoms with E-state index in [1.165, 1.54) is 12.1 Å². The fourth-order valence-corrected chi connectivity index (χ4v) is 2.94. The van der Waals surface area contributed by atoms with Crippen molar-refractivity contribution in [2.75, 3.05) is 19.6 Å². The van der Waals surface area contributed by atoms with Crippen LogP contribution in [0.1, 0.15) is 18.1 Å². The van der Waals surface area contributed by atoms with E-state index in [-0.39, 0.29) is 11.4 Å². The molecule has 0 aliphatic carbocycles. The molecule has 0 aromatic heterocycles. The topological polar surface area (TPSA) is 102 Å². The molecule has 0 saturated carbocycles. The lowest BCUT2D eigenvalue weighted by Gasteiger charge is -2.10. The molecular formula is C13H19N3O3S. The molecule has 3 N–H and O–H groups in total. The number of nitrogens with one attached hydrogen (secondary N) is 2. The van der Waals surface area contributed by atoms with E-state index in [4.69, 9.17) is 10.4 Å². The van der Waals surface area contributed by atoms with E-state index < -0.39 is 16.1 Å². The van der Waals surface area contributed by atoms with Crippen LogP contribution in [0.3, 0.4) is 0 Å². The van der Waals surface area contributed by atoms with Gasteiger partial charge in [0.15, 0.2) is 0 Å². The smallest absolute Gasteiger partial charge is 0.240 e. The minimum absolute atomic E-state index is 0.173. The summed E-state index contributed by atoms with van der Waals surface area (Å²) in [7, 11) is -3.58. The molecule has 0 bridgehead atoms. The molecule has 6 nitrogen and oxygen atoms in total. The first-order valence-electron chi connectivity index (χ1n) is 6.26. The van der Waals surface area contributed by atoms with Crippen molar-refractivity contribution in [1.82, 2.24) is 10.0 Å². The van der Waals surface area contributed by atoms with Gasteiger partial charge in [-0.05, 0) is 37.6 Å². The lowest BCUT2D eigenvalue weighted by atomic mass is 10.2. The lowest BCUT2D eigenvalue weighted by molar-refractivity contribution is 0.192. The maximum absolute atomic E-state index is 12.1.